The first-order chi connectivity index (χ1) is 8.78. The van der Waals surface area contributed by atoms with Crippen LogP contribution in [0.3, 0.4) is 0 Å². The van der Waals surface area contributed by atoms with E-state index in [0.29, 0.717) is 17.7 Å². The van der Waals surface area contributed by atoms with E-state index in [2.05, 4.69) is 4.98 Å². The molecule has 1 aromatic heterocycles. The minimum Gasteiger partial charge on any atom is -0.392 e. The SMILES string of the molecule is CCCN(CC(F)(F)F)c1nc(C)cc(C)c1CO. The summed E-state index contributed by atoms with van der Waals surface area (Å²) in [5.41, 5.74) is 1.87. The number of hydrogen-bond donors (Lipinski definition) is 1. The summed E-state index contributed by atoms with van der Waals surface area (Å²) in [5.74, 6) is 0.235. The molecule has 1 N–H and O–H groups in total. The van der Waals surface area contributed by atoms with Crippen molar-refractivity contribution >= 4 is 5.82 Å². The largest absolute Gasteiger partial charge is 0.405 e. The van der Waals surface area contributed by atoms with Crippen LogP contribution in [0.4, 0.5) is 19.0 Å². The number of nitrogens with zero attached hydrogens (tertiary/aromatic N) is 2. The minimum atomic E-state index is -4.29. The highest BCUT2D eigenvalue weighted by Gasteiger charge is 2.32. The van der Waals surface area contributed by atoms with Gasteiger partial charge in [-0.1, -0.05) is 6.92 Å². The summed E-state index contributed by atoms with van der Waals surface area (Å²) in [6.07, 6.45) is -3.71. The molecule has 0 atom stereocenters. The van der Waals surface area contributed by atoms with Gasteiger partial charge >= 0.3 is 6.18 Å². The molecule has 1 aromatic rings. The van der Waals surface area contributed by atoms with Crippen molar-refractivity contribution in [3.05, 3.63) is 22.9 Å². The van der Waals surface area contributed by atoms with Crippen LogP contribution in [-0.4, -0.2) is 29.4 Å². The van der Waals surface area contributed by atoms with Gasteiger partial charge in [0.1, 0.15) is 12.4 Å². The average Bonchev–Trinajstić information content (AvgIpc) is 2.25. The average molecular weight is 276 g/mol. The number of aryl methyl sites for hydroxylation is 2. The number of halogens is 3. The highest BCUT2D eigenvalue weighted by molar-refractivity contribution is 5.51. The fourth-order valence-electron chi connectivity index (χ4n) is 2.05. The standard InChI is InChI=1S/C13H19F3N2O/c1-4-5-18(8-13(14,15)16)12-11(7-19)9(2)6-10(3)17-12/h6,19H,4-5,7-8H2,1-3H3. The summed E-state index contributed by atoms with van der Waals surface area (Å²) in [5, 5.41) is 9.36. The van der Waals surface area contributed by atoms with Gasteiger partial charge in [-0.05, 0) is 31.9 Å². The number of pyridine rings is 1. The van der Waals surface area contributed by atoms with Crippen molar-refractivity contribution in [1.82, 2.24) is 4.98 Å². The maximum absolute atomic E-state index is 12.6. The zero-order valence-corrected chi connectivity index (χ0v) is 11.4. The molecule has 0 saturated heterocycles. The van der Waals surface area contributed by atoms with Gasteiger partial charge < -0.3 is 10.0 Å². The van der Waals surface area contributed by atoms with Gasteiger partial charge in [-0.25, -0.2) is 4.98 Å². The normalized spacial score (nSPS) is 11.7. The summed E-state index contributed by atoms with van der Waals surface area (Å²) < 4.78 is 37.9. The Morgan fingerprint density at radius 1 is 1.32 bits per heavy atom. The molecule has 0 unspecified atom stereocenters. The number of anilines is 1. The van der Waals surface area contributed by atoms with Gasteiger partial charge in [-0.3, -0.25) is 0 Å². The van der Waals surface area contributed by atoms with Crippen LogP contribution in [-0.2, 0) is 6.61 Å². The molecule has 0 aliphatic heterocycles. The summed E-state index contributed by atoms with van der Waals surface area (Å²) in [6.45, 7) is 4.19. The Bertz CT molecular complexity index is 433. The summed E-state index contributed by atoms with van der Waals surface area (Å²) in [4.78, 5) is 5.36. The summed E-state index contributed by atoms with van der Waals surface area (Å²) >= 11 is 0. The van der Waals surface area contributed by atoms with Crippen molar-refractivity contribution in [2.45, 2.75) is 40.0 Å². The molecule has 0 bridgehead atoms. The second-order valence-corrected chi connectivity index (χ2v) is 4.58. The molecule has 0 spiro atoms. The van der Waals surface area contributed by atoms with Crippen LogP contribution >= 0.6 is 0 Å². The Morgan fingerprint density at radius 2 is 1.95 bits per heavy atom. The van der Waals surface area contributed by atoms with E-state index in [1.807, 2.05) is 6.92 Å². The lowest BCUT2D eigenvalue weighted by atomic mass is 10.1. The van der Waals surface area contributed by atoms with Crippen LogP contribution in [0, 0.1) is 13.8 Å². The maximum atomic E-state index is 12.6. The number of alkyl halides is 3. The first kappa shape index (κ1) is 15.8. The molecule has 1 rings (SSSR count). The van der Waals surface area contributed by atoms with Crippen LogP contribution in [0.15, 0.2) is 6.07 Å². The fraction of sp³-hybridized carbons (Fsp3) is 0.615. The van der Waals surface area contributed by atoms with E-state index < -0.39 is 12.7 Å². The Balaban J connectivity index is 3.21. The van der Waals surface area contributed by atoms with E-state index in [0.717, 1.165) is 5.56 Å². The quantitative estimate of drug-likeness (QED) is 0.898. The molecular formula is C13H19F3N2O. The van der Waals surface area contributed by atoms with Gasteiger partial charge in [0.05, 0.1) is 6.61 Å². The molecule has 0 aliphatic rings. The molecule has 1 heterocycles. The van der Waals surface area contributed by atoms with Crippen LogP contribution < -0.4 is 4.90 Å². The highest BCUT2D eigenvalue weighted by atomic mass is 19.4. The van der Waals surface area contributed by atoms with E-state index in [4.69, 9.17) is 0 Å². The van der Waals surface area contributed by atoms with Crippen LogP contribution in [0.1, 0.15) is 30.2 Å². The van der Waals surface area contributed by atoms with E-state index >= 15 is 0 Å². The van der Waals surface area contributed by atoms with Crippen molar-refractivity contribution in [1.29, 1.82) is 0 Å². The Hall–Kier alpha value is -1.30. The molecule has 19 heavy (non-hydrogen) atoms. The van der Waals surface area contributed by atoms with Crippen LogP contribution in [0.2, 0.25) is 0 Å². The monoisotopic (exact) mass is 276 g/mol. The third-order valence-electron chi connectivity index (χ3n) is 2.77. The van der Waals surface area contributed by atoms with Crippen molar-refractivity contribution < 1.29 is 18.3 Å². The van der Waals surface area contributed by atoms with E-state index in [1.54, 1.807) is 19.9 Å². The number of hydrogen-bond acceptors (Lipinski definition) is 3. The molecule has 0 aliphatic carbocycles. The van der Waals surface area contributed by atoms with E-state index in [1.165, 1.54) is 4.90 Å². The van der Waals surface area contributed by atoms with Crippen molar-refractivity contribution in [2.24, 2.45) is 0 Å². The predicted molar refractivity (Wildman–Crippen MR) is 68.2 cm³/mol. The van der Waals surface area contributed by atoms with E-state index in [-0.39, 0.29) is 19.0 Å². The summed E-state index contributed by atoms with van der Waals surface area (Å²) in [7, 11) is 0. The molecule has 0 aromatic carbocycles. The van der Waals surface area contributed by atoms with Crippen molar-refractivity contribution in [3.8, 4) is 0 Å². The third kappa shape index (κ3) is 4.38. The van der Waals surface area contributed by atoms with Gasteiger partial charge in [0.25, 0.3) is 0 Å². The van der Waals surface area contributed by atoms with Crippen molar-refractivity contribution in [2.75, 3.05) is 18.0 Å². The molecule has 0 saturated carbocycles. The Kier molecular flexibility index (Phi) is 5.17. The van der Waals surface area contributed by atoms with Gasteiger partial charge in [0.15, 0.2) is 0 Å². The lowest BCUT2D eigenvalue weighted by Crippen LogP contribution is -2.36. The topological polar surface area (TPSA) is 36.4 Å². The number of aromatic nitrogens is 1. The number of rotatable bonds is 5. The lowest BCUT2D eigenvalue weighted by Gasteiger charge is -2.27. The molecule has 0 amide bonds. The first-order valence-corrected chi connectivity index (χ1v) is 6.18. The van der Waals surface area contributed by atoms with Gasteiger partial charge in [0, 0.05) is 17.8 Å². The highest BCUT2D eigenvalue weighted by Crippen LogP contribution is 2.26. The maximum Gasteiger partial charge on any atom is 0.405 e. The van der Waals surface area contributed by atoms with Gasteiger partial charge in [0.2, 0.25) is 0 Å². The van der Waals surface area contributed by atoms with Gasteiger partial charge in [-0.15, -0.1) is 0 Å². The molecule has 6 heteroatoms. The molecule has 0 fully saturated rings. The third-order valence-corrected chi connectivity index (χ3v) is 2.77. The number of aliphatic hydroxyl groups excluding tert-OH is 1. The second kappa shape index (κ2) is 6.23. The first-order valence-electron chi connectivity index (χ1n) is 6.18. The number of aliphatic hydroxyl groups is 1. The Labute approximate surface area is 111 Å². The predicted octanol–water partition coefficient (Wildman–Crippen LogP) is 2.97. The molecule has 3 nitrogen and oxygen atoms in total. The lowest BCUT2D eigenvalue weighted by molar-refractivity contribution is -0.119. The minimum absolute atomic E-state index is 0.235. The van der Waals surface area contributed by atoms with Gasteiger partial charge in [-0.2, -0.15) is 13.2 Å². The smallest absolute Gasteiger partial charge is 0.392 e. The zero-order valence-electron chi connectivity index (χ0n) is 11.4. The fourth-order valence-corrected chi connectivity index (χ4v) is 2.05. The Morgan fingerprint density at radius 3 is 2.42 bits per heavy atom. The zero-order chi connectivity index (χ0) is 14.6. The molecule has 108 valence electrons. The summed E-state index contributed by atoms with van der Waals surface area (Å²) in [6, 6.07) is 1.76. The van der Waals surface area contributed by atoms with E-state index in [9.17, 15) is 18.3 Å². The van der Waals surface area contributed by atoms with Crippen LogP contribution in [0.5, 0.6) is 0 Å². The van der Waals surface area contributed by atoms with Crippen LogP contribution in [0.25, 0.3) is 0 Å². The van der Waals surface area contributed by atoms with Crippen molar-refractivity contribution in [3.63, 3.8) is 0 Å². The second-order valence-electron chi connectivity index (χ2n) is 4.58. The molecule has 0 radical (unpaired) electrons. The molecular weight excluding hydrogens is 257 g/mol.